The highest BCUT2D eigenvalue weighted by atomic mass is 35.7. The van der Waals surface area contributed by atoms with Crippen molar-refractivity contribution < 1.29 is 13.2 Å². The number of halogens is 1. The zero-order chi connectivity index (χ0) is 13.9. The third-order valence-corrected chi connectivity index (χ3v) is 3.89. The molecular weight excluding hydrogens is 278 g/mol. The minimum absolute atomic E-state index is 0.0871. The Hall–Kier alpha value is -1.08. The van der Waals surface area contributed by atoms with Gasteiger partial charge in [-0.15, -0.1) is 0 Å². The van der Waals surface area contributed by atoms with Crippen LogP contribution in [-0.4, -0.2) is 41.9 Å². The second kappa shape index (κ2) is 5.71. The third kappa shape index (κ3) is 3.23. The number of carbonyl (C=O) groups excluding carboxylic acids is 1. The monoisotopic (exact) mass is 293 g/mol. The summed E-state index contributed by atoms with van der Waals surface area (Å²) in [5.74, 6) is -0.0871. The molecule has 6 nitrogen and oxygen atoms in total. The molecule has 18 heavy (non-hydrogen) atoms. The maximum absolute atomic E-state index is 12.1. The van der Waals surface area contributed by atoms with Gasteiger partial charge in [0.05, 0.1) is 6.33 Å². The molecule has 0 aliphatic rings. The van der Waals surface area contributed by atoms with Gasteiger partial charge in [0, 0.05) is 30.0 Å². The molecule has 0 aromatic carbocycles. The van der Waals surface area contributed by atoms with E-state index >= 15 is 0 Å². The Morgan fingerprint density at radius 2 is 2.06 bits per heavy atom. The van der Waals surface area contributed by atoms with Crippen LogP contribution in [0.3, 0.4) is 0 Å². The lowest BCUT2D eigenvalue weighted by Gasteiger charge is -2.23. The summed E-state index contributed by atoms with van der Waals surface area (Å²) in [6, 6.07) is -0.510. The lowest BCUT2D eigenvalue weighted by Crippen LogP contribution is -2.35. The van der Waals surface area contributed by atoms with Gasteiger partial charge in [-0.1, -0.05) is 0 Å². The van der Waals surface area contributed by atoms with E-state index in [9.17, 15) is 13.2 Å². The number of rotatable bonds is 5. The van der Waals surface area contributed by atoms with Gasteiger partial charge in [-0.25, -0.2) is 13.4 Å². The zero-order valence-corrected chi connectivity index (χ0v) is 12.1. The van der Waals surface area contributed by atoms with Crippen LogP contribution in [0, 0.1) is 0 Å². The van der Waals surface area contributed by atoms with E-state index in [1.807, 2.05) is 13.8 Å². The molecule has 8 heteroatoms. The summed E-state index contributed by atoms with van der Waals surface area (Å²) >= 11 is 0. The van der Waals surface area contributed by atoms with Crippen LogP contribution in [0.4, 0.5) is 0 Å². The van der Waals surface area contributed by atoms with Gasteiger partial charge in [-0.05, 0) is 20.8 Å². The highest BCUT2D eigenvalue weighted by Gasteiger charge is 2.22. The van der Waals surface area contributed by atoms with E-state index in [1.54, 1.807) is 11.8 Å². The topological polar surface area (TPSA) is 72.3 Å². The largest absolute Gasteiger partial charge is 0.341 e. The Labute approximate surface area is 111 Å². The van der Waals surface area contributed by atoms with Gasteiger partial charge in [0.2, 0.25) is 5.91 Å². The summed E-state index contributed by atoms with van der Waals surface area (Å²) in [6.07, 6.45) is 2.55. The van der Waals surface area contributed by atoms with Crippen molar-refractivity contribution in [3.63, 3.8) is 0 Å². The van der Waals surface area contributed by atoms with Crippen molar-refractivity contribution in [1.29, 1.82) is 0 Å². The number of carbonyl (C=O) groups is 1. The molecule has 0 saturated carbocycles. The van der Waals surface area contributed by atoms with Crippen LogP contribution in [0.2, 0.25) is 0 Å². The lowest BCUT2D eigenvalue weighted by molar-refractivity contribution is -0.133. The second-order valence-corrected chi connectivity index (χ2v) is 6.30. The average molecular weight is 294 g/mol. The van der Waals surface area contributed by atoms with Crippen molar-refractivity contribution >= 4 is 25.6 Å². The van der Waals surface area contributed by atoms with Crippen molar-refractivity contribution in [2.75, 3.05) is 13.1 Å². The summed E-state index contributed by atoms with van der Waals surface area (Å²) in [6.45, 7) is 6.67. The number of likely N-dealkylation sites (N-methyl/N-ethyl adjacent to an activating group) is 1. The molecule has 0 N–H and O–H groups in total. The Kier molecular flexibility index (Phi) is 4.75. The smallest absolute Gasteiger partial charge is 0.280 e. The first kappa shape index (κ1) is 15.0. The van der Waals surface area contributed by atoms with Crippen molar-refractivity contribution in [3.05, 3.63) is 12.5 Å². The van der Waals surface area contributed by atoms with E-state index in [-0.39, 0.29) is 10.9 Å². The Bertz CT molecular complexity index is 522. The Balaban J connectivity index is 2.94. The molecule has 102 valence electrons. The van der Waals surface area contributed by atoms with E-state index in [1.165, 1.54) is 17.1 Å². The quantitative estimate of drug-likeness (QED) is 0.766. The fourth-order valence-electron chi connectivity index (χ4n) is 1.58. The van der Waals surface area contributed by atoms with Gasteiger partial charge in [0.25, 0.3) is 9.05 Å². The molecular formula is C10H16ClN3O3S. The van der Waals surface area contributed by atoms with Crippen LogP contribution >= 0.6 is 10.7 Å². The van der Waals surface area contributed by atoms with Crippen molar-refractivity contribution in [3.8, 4) is 0 Å². The third-order valence-electron chi connectivity index (χ3n) is 2.71. The Morgan fingerprint density at radius 3 is 2.44 bits per heavy atom. The van der Waals surface area contributed by atoms with E-state index in [4.69, 9.17) is 10.7 Å². The fraction of sp³-hybridized carbons (Fsp3) is 0.600. The standard InChI is InChI=1S/C10H16ClN3O3S/c1-4-13(5-2)10(15)8(3)14-6-9(12-7-14)18(11,16)17/h6-8H,4-5H2,1-3H3. The average Bonchev–Trinajstić information content (AvgIpc) is 2.78. The summed E-state index contributed by atoms with van der Waals surface area (Å²) in [5.41, 5.74) is 0. The second-order valence-electron chi connectivity index (χ2n) is 3.78. The van der Waals surface area contributed by atoms with Crippen LogP contribution in [0.25, 0.3) is 0 Å². The first-order valence-corrected chi connectivity index (χ1v) is 7.89. The number of hydrogen-bond acceptors (Lipinski definition) is 4. The minimum atomic E-state index is -3.86. The maximum Gasteiger partial charge on any atom is 0.280 e. The number of hydrogen-bond donors (Lipinski definition) is 0. The zero-order valence-electron chi connectivity index (χ0n) is 10.5. The van der Waals surface area contributed by atoms with Gasteiger partial charge in [-0.2, -0.15) is 0 Å². The van der Waals surface area contributed by atoms with Crippen molar-refractivity contribution in [2.24, 2.45) is 0 Å². The van der Waals surface area contributed by atoms with Crippen LogP contribution in [-0.2, 0) is 13.8 Å². The molecule has 0 spiro atoms. The Morgan fingerprint density at radius 1 is 1.50 bits per heavy atom. The van der Waals surface area contributed by atoms with Gasteiger partial charge < -0.3 is 9.47 Å². The molecule has 1 rings (SSSR count). The number of imidazole rings is 1. The minimum Gasteiger partial charge on any atom is -0.341 e. The number of aromatic nitrogens is 2. The molecule has 1 amide bonds. The van der Waals surface area contributed by atoms with Crippen LogP contribution in [0.1, 0.15) is 26.8 Å². The number of amides is 1. The maximum atomic E-state index is 12.1. The van der Waals surface area contributed by atoms with Gasteiger partial charge >= 0.3 is 0 Å². The molecule has 0 aliphatic carbocycles. The summed E-state index contributed by atoms with van der Waals surface area (Å²) < 4.78 is 23.6. The molecule has 0 saturated heterocycles. The van der Waals surface area contributed by atoms with Gasteiger partial charge in [0.1, 0.15) is 6.04 Å². The molecule has 0 bridgehead atoms. The predicted molar refractivity (Wildman–Crippen MR) is 67.9 cm³/mol. The molecule has 1 heterocycles. The SMILES string of the molecule is CCN(CC)C(=O)C(C)n1cnc(S(=O)(=O)Cl)c1. The lowest BCUT2D eigenvalue weighted by atomic mass is 10.3. The molecule has 1 aromatic heterocycles. The molecule has 0 fully saturated rings. The normalized spacial score (nSPS) is 13.3. The van der Waals surface area contributed by atoms with Crippen LogP contribution < -0.4 is 0 Å². The van der Waals surface area contributed by atoms with E-state index in [2.05, 4.69) is 4.98 Å². The van der Waals surface area contributed by atoms with Crippen molar-refractivity contribution in [2.45, 2.75) is 31.8 Å². The molecule has 1 aromatic rings. The molecule has 1 unspecified atom stereocenters. The molecule has 0 radical (unpaired) electrons. The summed E-state index contributed by atoms with van der Waals surface area (Å²) in [4.78, 5) is 17.4. The van der Waals surface area contributed by atoms with Gasteiger partial charge in [0.15, 0.2) is 5.03 Å². The van der Waals surface area contributed by atoms with Gasteiger partial charge in [-0.3, -0.25) is 4.79 Å². The van der Waals surface area contributed by atoms with E-state index < -0.39 is 15.1 Å². The van der Waals surface area contributed by atoms with E-state index in [0.717, 1.165) is 0 Å². The van der Waals surface area contributed by atoms with Crippen molar-refractivity contribution in [1.82, 2.24) is 14.5 Å². The number of nitrogens with zero attached hydrogens (tertiary/aromatic N) is 3. The van der Waals surface area contributed by atoms with E-state index in [0.29, 0.717) is 13.1 Å². The first-order chi connectivity index (χ1) is 8.31. The highest BCUT2D eigenvalue weighted by Crippen LogP contribution is 2.16. The molecule has 1 atom stereocenters. The predicted octanol–water partition coefficient (Wildman–Crippen LogP) is 1.24. The van der Waals surface area contributed by atoms with Crippen LogP contribution in [0.15, 0.2) is 17.6 Å². The van der Waals surface area contributed by atoms with Crippen LogP contribution in [0.5, 0.6) is 0 Å². The fourth-order valence-corrected chi connectivity index (χ4v) is 2.24. The molecule has 0 aliphatic heterocycles. The summed E-state index contributed by atoms with van der Waals surface area (Å²) in [5, 5.41) is -0.247. The highest BCUT2D eigenvalue weighted by molar-refractivity contribution is 8.13. The first-order valence-electron chi connectivity index (χ1n) is 5.58. The summed E-state index contributed by atoms with van der Waals surface area (Å²) in [7, 11) is 1.32.